The summed E-state index contributed by atoms with van der Waals surface area (Å²) in [5.41, 5.74) is 2.52. The fourth-order valence-electron chi connectivity index (χ4n) is 3.30. The zero-order valence-electron chi connectivity index (χ0n) is 16.3. The summed E-state index contributed by atoms with van der Waals surface area (Å²) in [7, 11) is 0. The Balaban J connectivity index is 1.66. The molecule has 8 heteroatoms. The van der Waals surface area contributed by atoms with Gasteiger partial charge in [-0.1, -0.05) is 43.0 Å². The molecule has 0 atom stereocenters. The van der Waals surface area contributed by atoms with Crippen LogP contribution in [0, 0.1) is 6.92 Å². The first-order valence-corrected chi connectivity index (χ1v) is 10.4. The summed E-state index contributed by atoms with van der Waals surface area (Å²) >= 11 is 1.30. The average Bonchev–Trinajstić information content (AvgIpc) is 3.13. The third kappa shape index (κ3) is 3.75. The molecule has 148 valence electrons. The Morgan fingerprint density at radius 3 is 2.76 bits per heavy atom. The zero-order valence-corrected chi connectivity index (χ0v) is 17.1. The number of benzene rings is 2. The molecule has 0 bridgehead atoms. The summed E-state index contributed by atoms with van der Waals surface area (Å²) in [6, 6.07) is 15.1. The second-order valence-electron chi connectivity index (χ2n) is 6.80. The number of amides is 1. The van der Waals surface area contributed by atoms with Gasteiger partial charge in [0.25, 0.3) is 5.56 Å². The summed E-state index contributed by atoms with van der Waals surface area (Å²) in [5, 5.41) is 12.6. The largest absolute Gasteiger partial charge is 0.325 e. The lowest BCUT2D eigenvalue weighted by Crippen LogP contribution is -2.23. The van der Waals surface area contributed by atoms with Gasteiger partial charge in [0, 0.05) is 12.2 Å². The van der Waals surface area contributed by atoms with Gasteiger partial charge in [0.05, 0.1) is 16.7 Å². The Bertz CT molecular complexity index is 1260. The minimum Gasteiger partial charge on any atom is -0.325 e. The number of para-hydroxylation sites is 1. The Labute approximate surface area is 171 Å². The van der Waals surface area contributed by atoms with Gasteiger partial charge in [-0.2, -0.15) is 0 Å². The van der Waals surface area contributed by atoms with Gasteiger partial charge < -0.3 is 5.32 Å². The van der Waals surface area contributed by atoms with Gasteiger partial charge in [-0.15, -0.1) is 10.2 Å². The van der Waals surface area contributed by atoms with Crippen molar-refractivity contribution in [1.29, 1.82) is 0 Å². The number of hydrogen-bond donors (Lipinski definition) is 1. The van der Waals surface area contributed by atoms with Crippen LogP contribution in [0.1, 0.15) is 18.9 Å². The maximum absolute atomic E-state index is 12.8. The van der Waals surface area contributed by atoms with Crippen molar-refractivity contribution in [2.24, 2.45) is 0 Å². The fraction of sp³-hybridized carbons (Fsp3) is 0.238. The van der Waals surface area contributed by atoms with Crippen molar-refractivity contribution in [1.82, 2.24) is 19.2 Å². The van der Waals surface area contributed by atoms with Crippen molar-refractivity contribution in [2.75, 3.05) is 11.1 Å². The first-order valence-electron chi connectivity index (χ1n) is 9.44. The van der Waals surface area contributed by atoms with Crippen molar-refractivity contribution >= 4 is 40.0 Å². The van der Waals surface area contributed by atoms with E-state index >= 15 is 0 Å². The summed E-state index contributed by atoms with van der Waals surface area (Å²) in [5.74, 6) is 0.566. The topological polar surface area (TPSA) is 81.3 Å². The van der Waals surface area contributed by atoms with E-state index in [9.17, 15) is 9.59 Å². The first-order chi connectivity index (χ1) is 14.1. The fourth-order valence-corrected chi connectivity index (χ4v) is 4.04. The van der Waals surface area contributed by atoms with Crippen molar-refractivity contribution < 1.29 is 4.79 Å². The van der Waals surface area contributed by atoms with E-state index in [0.29, 0.717) is 22.9 Å². The second-order valence-corrected chi connectivity index (χ2v) is 7.74. The number of hydrogen-bond acceptors (Lipinski definition) is 5. The molecule has 4 rings (SSSR count). The van der Waals surface area contributed by atoms with Gasteiger partial charge in [-0.05, 0) is 43.2 Å². The number of nitrogens with one attached hydrogen (secondary N) is 1. The Hall–Kier alpha value is -3.13. The van der Waals surface area contributed by atoms with Crippen LogP contribution in [0.2, 0.25) is 0 Å². The van der Waals surface area contributed by atoms with Crippen LogP contribution in [0.5, 0.6) is 0 Å². The number of fused-ring (bicyclic) bond motifs is 3. The van der Waals surface area contributed by atoms with E-state index in [-0.39, 0.29) is 17.2 Å². The van der Waals surface area contributed by atoms with E-state index in [1.165, 1.54) is 11.8 Å². The van der Waals surface area contributed by atoms with Crippen molar-refractivity contribution in [3.63, 3.8) is 0 Å². The quantitative estimate of drug-likeness (QED) is 0.495. The number of aryl methyl sites for hydroxylation is 2. The molecule has 0 aliphatic carbocycles. The predicted octanol–water partition coefficient (Wildman–Crippen LogP) is 3.49. The van der Waals surface area contributed by atoms with Gasteiger partial charge in [-0.25, -0.2) is 0 Å². The number of rotatable bonds is 6. The smallest absolute Gasteiger partial charge is 0.262 e. The maximum Gasteiger partial charge on any atom is 0.262 e. The van der Waals surface area contributed by atoms with Gasteiger partial charge in [0.1, 0.15) is 0 Å². The van der Waals surface area contributed by atoms with Gasteiger partial charge >= 0.3 is 0 Å². The third-order valence-corrected chi connectivity index (χ3v) is 5.49. The number of nitrogens with zero attached hydrogens (tertiary/aromatic N) is 4. The summed E-state index contributed by atoms with van der Waals surface area (Å²) in [6.45, 7) is 4.55. The summed E-state index contributed by atoms with van der Waals surface area (Å²) in [6.07, 6.45) is 0.808. The minimum atomic E-state index is -0.122. The highest BCUT2D eigenvalue weighted by molar-refractivity contribution is 7.99. The molecule has 0 fully saturated rings. The molecule has 7 nitrogen and oxygen atoms in total. The standard InChI is InChI=1S/C21H21N5O2S/c1-3-11-25-19(28)16-9-4-5-10-17(16)26-20(25)23-24-21(26)29-13-18(27)22-15-8-6-7-14(2)12-15/h4-10,12H,3,11,13H2,1-2H3,(H,22,27). The Morgan fingerprint density at radius 1 is 1.14 bits per heavy atom. The molecule has 4 aromatic rings. The molecule has 1 N–H and O–H groups in total. The number of anilines is 1. The average molecular weight is 407 g/mol. The minimum absolute atomic E-state index is 0.0731. The van der Waals surface area contributed by atoms with E-state index < -0.39 is 0 Å². The van der Waals surface area contributed by atoms with Crippen LogP contribution in [0.4, 0.5) is 5.69 Å². The monoisotopic (exact) mass is 407 g/mol. The molecule has 0 unspecified atom stereocenters. The zero-order chi connectivity index (χ0) is 20.4. The molecule has 1 amide bonds. The number of carbonyl (C=O) groups is 1. The van der Waals surface area contributed by atoms with Crippen LogP contribution in [-0.2, 0) is 11.3 Å². The van der Waals surface area contributed by atoms with Gasteiger partial charge in [0.2, 0.25) is 11.7 Å². The van der Waals surface area contributed by atoms with E-state index in [4.69, 9.17) is 0 Å². The number of carbonyl (C=O) groups excluding carboxylic acids is 1. The second kappa shape index (κ2) is 8.08. The molecule has 29 heavy (non-hydrogen) atoms. The van der Waals surface area contributed by atoms with Crippen molar-refractivity contribution in [2.45, 2.75) is 32.0 Å². The number of thioether (sulfide) groups is 1. The molecule has 0 aliphatic heterocycles. The molecule has 2 heterocycles. The lowest BCUT2D eigenvalue weighted by atomic mass is 10.2. The van der Waals surface area contributed by atoms with E-state index in [1.54, 1.807) is 4.57 Å². The highest BCUT2D eigenvalue weighted by Gasteiger charge is 2.17. The number of aromatic nitrogens is 4. The molecule has 0 saturated heterocycles. The van der Waals surface area contributed by atoms with Gasteiger partial charge in [0.15, 0.2) is 5.16 Å². The van der Waals surface area contributed by atoms with Crippen LogP contribution >= 0.6 is 11.8 Å². The van der Waals surface area contributed by atoms with Crippen molar-refractivity contribution in [3.05, 3.63) is 64.4 Å². The van der Waals surface area contributed by atoms with Crippen LogP contribution in [0.3, 0.4) is 0 Å². The molecular formula is C21H21N5O2S. The van der Waals surface area contributed by atoms with E-state index in [1.807, 2.05) is 66.8 Å². The van der Waals surface area contributed by atoms with E-state index in [0.717, 1.165) is 23.2 Å². The van der Waals surface area contributed by atoms with Crippen LogP contribution in [0.25, 0.3) is 16.7 Å². The summed E-state index contributed by atoms with van der Waals surface area (Å²) < 4.78 is 3.50. The molecule has 0 aliphatic rings. The van der Waals surface area contributed by atoms with Crippen molar-refractivity contribution in [3.8, 4) is 0 Å². The molecule has 0 saturated carbocycles. The van der Waals surface area contributed by atoms with Crippen LogP contribution < -0.4 is 10.9 Å². The van der Waals surface area contributed by atoms with Gasteiger partial charge in [-0.3, -0.25) is 18.6 Å². The highest BCUT2D eigenvalue weighted by Crippen LogP contribution is 2.22. The molecule has 2 aromatic carbocycles. The van der Waals surface area contributed by atoms with E-state index in [2.05, 4.69) is 15.5 Å². The third-order valence-electron chi connectivity index (χ3n) is 4.56. The van der Waals surface area contributed by atoms with Crippen LogP contribution in [-0.4, -0.2) is 30.8 Å². The first kappa shape index (κ1) is 19.2. The maximum atomic E-state index is 12.8. The van der Waals surface area contributed by atoms with Crippen LogP contribution in [0.15, 0.2) is 58.5 Å². The molecule has 0 radical (unpaired) electrons. The lowest BCUT2D eigenvalue weighted by molar-refractivity contribution is -0.113. The predicted molar refractivity (Wildman–Crippen MR) is 116 cm³/mol. The molecule has 0 spiro atoms. The Morgan fingerprint density at radius 2 is 1.97 bits per heavy atom. The SMILES string of the molecule is CCCn1c(=O)c2ccccc2n2c(SCC(=O)Nc3cccc(C)c3)nnc12. The normalized spacial score (nSPS) is 11.2. The molecule has 2 aromatic heterocycles. The summed E-state index contributed by atoms with van der Waals surface area (Å²) in [4.78, 5) is 25.2. The highest BCUT2D eigenvalue weighted by atomic mass is 32.2. The Kier molecular flexibility index (Phi) is 5.35. The molecular weight excluding hydrogens is 386 g/mol. The lowest BCUT2D eigenvalue weighted by Gasteiger charge is -2.10.